The number of nitrogens with zero attached hydrogens (tertiary/aromatic N) is 3. The van der Waals surface area contributed by atoms with Gasteiger partial charge in [0, 0.05) is 31.9 Å². The molecule has 2 N–H and O–H groups in total. The highest BCUT2D eigenvalue weighted by Gasteiger charge is 2.18. The third-order valence-corrected chi connectivity index (χ3v) is 2.65. The van der Waals surface area contributed by atoms with Gasteiger partial charge in [0.2, 0.25) is 0 Å². The second-order valence-corrected chi connectivity index (χ2v) is 3.95. The van der Waals surface area contributed by atoms with Crippen LogP contribution < -0.4 is 5.73 Å². The molecule has 78 valence electrons. The molecule has 1 aromatic heterocycles. The first-order chi connectivity index (χ1) is 7.28. The highest BCUT2D eigenvalue weighted by molar-refractivity contribution is 5.25. The van der Waals surface area contributed by atoms with E-state index >= 15 is 0 Å². The van der Waals surface area contributed by atoms with Crippen molar-refractivity contribution in [1.82, 2.24) is 9.88 Å². The number of pyridine rings is 1. The normalized spacial score (nSPS) is 21.5. The van der Waals surface area contributed by atoms with Gasteiger partial charge < -0.3 is 5.73 Å². The van der Waals surface area contributed by atoms with E-state index in [0.29, 0.717) is 11.7 Å². The SMILES string of the molecule is N#Cc1cc(CN2CC[C@@H](N)C2)ccn1. The van der Waals surface area contributed by atoms with E-state index in [9.17, 15) is 0 Å². The molecule has 0 aromatic carbocycles. The molecular formula is C11H14N4. The molecule has 0 radical (unpaired) electrons. The van der Waals surface area contributed by atoms with E-state index in [4.69, 9.17) is 11.0 Å². The molecule has 0 unspecified atom stereocenters. The molecule has 4 heteroatoms. The maximum absolute atomic E-state index is 8.72. The number of nitriles is 1. The van der Waals surface area contributed by atoms with Gasteiger partial charge in [-0.1, -0.05) is 0 Å². The summed E-state index contributed by atoms with van der Waals surface area (Å²) < 4.78 is 0. The van der Waals surface area contributed by atoms with Crippen LogP contribution in [0.15, 0.2) is 18.3 Å². The lowest BCUT2D eigenvalue weighted by molar-refractivity contribution is 0.327. The van der Waals surface area contributed by atoms with Crippen LogP contribution in [0.4, 0.5) is 0 Å². The molecule has 0 bridgehead atoms. The van der Waals surface area contributed by atoms with E-state index in [2.05, 4.69) is 9.88 Å². The second-order valence-electron chi connectivity index (χ2n) is 3.95. The zero-order chi connectivity index (χ0) is 10.7. The van der Waals surface area contributed by atoms with Crippen molar-refractivity contribution >= 4 is 0 Å². The van der Waals surface area contributed by atoms with Crippen molar-refractivity contribution in [3.8, 4) is 6.07 Å². The number of nitrogens with two attached hydrogens (primary N) is 1. The van der Waals surface area contributed by atoms with Crippen LogP contribution in [0, 0.1) is 11.3 Å². The van der Waals surface area contributed by atoms with Crippen molar-refractivity contribution in [1.29, 1.82) is 5.26 Å². The highest BCUT2D eigenvalue weighted by atomic mass is 15.2. The number of rotatable bonds is 2. The highest BCUT2D eigenvalue weighted by Crippen LogP contribution is 2.12. The monoisotopic (exact) mass is 202 g/mol. The lowest BCUT2D eigenvalue weighted by Crippen LogP contribution is -2.26. The Morgan fingerprint density at radius 2 is 2.53 bits per heavy atom. The molecular weight excluding hydrogens is 188 g/mol. The Hall–Kier alpha value is -1.44. The molecule has 1 fully saturated rings. The molecule has 4 nitrogen and oxygen atoms in total. The Morgan fingerprint density at radius 3 is 3.20 bits per heavy atom. The van der Waals surface area contributed by atoms with Crippen LogP contribution in [-0.2, 0) is 6.54 Å². The predicted molar refractivity (Wildman–Crippen MR) is 56.8 cm³/mol. The van der Waals surface area contributed by atoms with Gasteiger partial charge in [-0.3, -0.25) is 4.90 Å². The van der Waals surface area contributed by atoms with Crippen molar-refractivity contribution < 1.29 is 0 Å². The second kappa shape index (κ2) is 4.39. The first kappa shape index (κ1) is 10.1. The van der Waals surface area contributed by atoms with Crippen molar-refractivity contribution in [2.45, 2.75) is 19.0 Å². The lowest BCUT2D eigenvalue weighted by Gasteiger charge is -2.14. The average molecular weight is 202 g/mol. The molecule has 1 aliphatic heterocycles. The number of likely N-dealkylation sites (tertiary alicyclic amines) is 1. The fraction of sp³-hybridized carbons (Fsp3) is 0.455. The molecule has 1 aliphatic rings. The minimum atomic E-state index is 0.308. The number of aromatic nitrogens is 1. The zero-order valence-electron chi connectivity index (χ0n) is 8.56. The van der Waals surface area contributed by atoms with E-state index in [1.165, 1.54) is 0 Å². The molecule has 15 heavy (non-hydrogen) atoms. The summed E-state index contributed by atoms with van der Waals surface area (Å²) >= 11 is 0. The average Bonchev–Trinajstić information content (AvgIpc) is 2.64. The van der Waals surface area contributed by atoms with E-state index in [1.807, 2.05) is 18.2 Å². The Labute approximate surface area is 89.3 Å². The van der Waals surface area contributed by atoms with Gasteiger partial charge in [0.1, 0.15) is 11.8 Å². The van der Waals surface area contributed by atoms with Crippen molar-refractivity contribution in [2.24, 2.45) is 5.73 Å². The Kier molecular flexibility index (Phi) is 2.95. The fourth-order valence-corrected chi connectivity index (χ4v) is 1.90. The largest absolute Gasteiger partial charge is 0.326 e. The standard InChI is InChI=1S/C11H14N4/c12-6-11-5-9(1-3-14-11)7-15-4-2-10(13)8-15/h1,3,5,10H,2,4,7-8,13H2/t10-/m1/s1. The number of hydrogen-bond donors (Lipinski definition) is 1. The summed E-state index contributed by atoms with van der Waals surface area (Å²) in [5, 5.41) is 8.72. The third-order valence-electron chi connectivity index (χ3n) is 2.65. The molecule has 2 heterocycles. The number of hydrogen-bond acceptors (Lipinski definition) is 4. The van der Waals surface area contributed by atoms with Crippen LogP contribution in [-0.4, -0.2) is 29.0 Å². The first-order valence-electron chi connectivity index (χ1n) is 5.11. The van der Waals surface area contributed by atoms with Crippen molar-refractivity contribution in [2.75, 3.05) is 13.1 Å². The molecule has 0 aliphatic carbocycles. The summed E-state index contributed by atoms with van der Waals surface area (Å²) in [6, 6.07) is 6.14. The van der Waals surface area contributed by atoms with Crippen molar-refractivity contribution in [3.63, 3.8) is 0 Å². The quantitative estimate of drug-likeness (QED) is 0.757. The van der Waals surface area contributed by atoms with Gasteiger partial charge in [-0.2, -0.15) is 5.26 Å². The first-order valence-corrected chi connectivity index (χ1v) is 5.11. The van der Waals surface area contributed by atoms with Crippen LogP contribution >= 0.6 is 0 Å². The van der Waals surface area contributed by atoms with Gasteiger partial charge >= 0.3 is 0 Å². The van der Waals surface area contributed by atoms with E-state index in [1.54, 1.807) is 6.20 Å². The predicted octanol–water partition coefficient (Wildman–Crippen LogP) is 0.486. The maximum atomic E-state index is 8.72. The summed E-state index contributed by atoms with van der Waals surface area (Å²) in [6.07, 6.45) is 2.75. The van der Waals surface area contributed by atoms with Crippen LogP contribution in [0.1, 0.15) is 17.7 Å². The summed E-state index contributed by atoms with van der Waals surface area (Å²) in [7, 11) is 0. The molecule has 1 saturated heterocycles. The van der Waals surface area contributed by atoms with Gasteiger partial charge in [0.15, 0.2) is 0 Å². The minimum Gasteiger partial charge on any atom is -0.326 e. The molecule has 0 saturated carbocycles. The Balaban J connectivity index is 2.02. The topological polar surface area (TPSA) is 65.9 Å². The van der Waals surface area contributed by atoms with Crippen LogP contribution in [0.2, 0.25) is 0 Å². The van der Waals surface area contributed by atoms with Gasteiger partial charge in [-0.15, -0.1) is 0 Å². The summed E-state index contributed by atoms with van der Waals surface area (Å²) in [4.78, 5) is 6.25. The minimum absolute atomic E-state index is 0.308. The van der Waals surface area contributed by atoms with Gasteiger partial charge in [-0.05, 0) is 24.1 Å². The molecule has 1 atom stereocenters. The van der Waals surface area contributed by atoms with Crippen molar-refractivity contribution in [3.05, 3.63) is 29.6 Å². The van der Waals surface area contributed by atoms with Crippen LogP contribution in [0.5, 0.6) is 0 Å². The van der Waals surface area contributed by atoms with Crippen LogP contribution in [0.3, 0.4) is 0 Å². The van der Waals surface area contributed by atoms with Crippen LogP contribution in [0.25, 0.3) is 0 Å². The lowest BCUT2D eigenvalue weighted by atomic mass is 10.2. The smallest absolute Gasteiger partial charge is 0.140 e. The Morgan fingerprint density at radius 1 is 1.67 bits per heavy atom. The van der Waals surface area contributed by atoms with Gasteiger partial charge in [-0.25, -0.2) is 4.98 Å². The molecule has 0 spiro atoms. The molecule has 0 amide bonds. The van der Waals surface area contributed by atoms with E-state index in [0.717, 1.165) is 31.6 Å². The molecule has 2 rings (SSSR count). The third kappa shape index (κ3) is 2.52. The summed E-state index contributed by atoms with van der Waals surface area (Å²) in [5.41, 5.74) is 7.45. The van der Waals surface area contributed by atoms with Gasteiger partial charge in [0.25, 0.3) is 0 Å². The summed E-state index contributed by atoms with van der Waals surface area (Å²) in [5.74, 6) is 0. The zero-order valence-corrected chi connectivity index (χ0v) is 8.56. The van der Waals surface area contributed by atoms with E-state index < -0.39 is 0 Å². The molecule has 1 aromatic rings. The maximum Gasteiger partial charge on any atom is 0.140 e. The summed E-state index contributed by atoms with van der Waals surface area (Å²) in [6.45, 7) is 2.86. The fourth-order valence-electron chi connectivity index (χ4n) is 1.90. The Bertz CT molecular complexity index is 382. The van der Waals surface area contributed by atoms with Gasteiger partial charge in [0.05, 0.1) is 0 Å². The van der Waals surface area contributed by atoms with E-state index in [-0.39, 0.29) is 0 Å².